The Labute approximate surface area is 124 Å². The molecule has 0 saturated carbocycles. The molecule has 0 aliphatic carbocycles. The topological polar surface area (TPSA) is 57.2 Å². The third-order valence-corrected chi connectivity index (χ3v) is 3.75. The van der Waals surface area contributed by atoms with E-state index in [2.05, 4.69) is 0 Å². The molecule has 0 amide bonds. The Balaban J connectivity index is 2.06. The van der Waals surface area contributed by atoms with Crippen LogP contribution in [0.25, 0.3) is 0 Å². The largest absolute Gasteiger partial charge is 0.387 e. The lowest BCUT2D eigenvalue weighted by molar-refractivity contribution is -0.178. The second kappa shape index (κ2) is 5.94. The summed E-state index contributed by atoms with van der Waals surface area (Å²) < 4.78 is 22.9. The molecule has 2 fully saturated rings. The highest BCUT2D eigenvalue weighted by Crippen LogP contribution is 2.34. The molecule has 0 aromatic carbocycles. The summed E-state index contributed by atoms with van der Waals surface area (Å²) >= 11 is 1.58. The number of thioether (sulfide) groups is 1. The molecular weight excluding hydrogens is 280 g/mol. The third-order valence-electron chi connectivity index (χ3n) is 3.32. The van der Waals surface area contributed by atoms with E-state index >= 15 is 0 Å². The monoisotopic (exact) mass is 304 g/mol. The SMILES string of the molecule is CS/C=C\[C@H]1OC(C)(C)O[C@H]1[C@H](O)[C@H]1COC(C)(C)O1. The second-order valence-corrected chi connectivity index (χ2v) is 6.73. The highest BCUT2D eigenvalue weighted by molar-refractivity contribution is 8.01. The minimum absolute atomic E-state index is 0.292. The highest BCUT2D eigenvalue weighted by Gasteiger charge is 2.48. The molecule has 2 rings (SSSR count). The molecule has 0 spiro atoms. The van der Waals surface area contributed by atoms with E-state index in [-0.39, 0.29) is 6.10 Å². The zero-order valence-electron chi connectivity index (χ0n) is 12.7. The summed E-state index contributed by atoms with van der Waals surface area (Å²) in [5.74, 6) is -1.38. The summed E-state index contributed by atoms with van der Waals surface area (Å²) in [5, 5.41) is 12.5. The fourth-order valence-corrected chi connectivity index (χ4v) is 2.79. The van der Waals surface area contributed by atoms with Crippen LogP contribution in [0.15, 0.2) is 11.5 Å². The minimum atomic E-state index is -0.796. The molecule has 0 unspecified atom stereocenters. The Morgan fingerprint density at radius 1 is 1.15 bits per heavy atom. The Morgan fingerprint density at radius 2 is 1.85 bits per heavy atom. The second-order valence-electron chi connectivity index (χ2n) is 5.99. The van der Waals surface area contributed by atoms with Crippen LogP contribution in [0.3, 0.4) is 0 Å². The van der Waals surface area contributed by atoms with Crippen molar-refractivity contribution in [3.8, 4) is 0 Å². The van der Waals surface area contributed by atoms with Gasteiger partial charge in [0.2, 0.25) is 0 Å². The van der Waals surface area contributed by atoms with Crippen molar-refractivity contribution in [2.75, 3.05) is 12.9 Å². The van der Waals surface area contributed by atoms with Gasteiger partial charge in [-0.25, -0.2) is 0 Å². The molecule has 2 heterocycles. The third kappa shape index (κ3) is 3.75. The van der Waals surface area contributed by atoms with Gasteiger partial charge in [0.1, 0.15) is 24.4 Å². The van der Waals surface area contributed by atoms with Gasteiger partial charge in [-0.3, -0.25) is 0 Å². The van der Waals surface area contributed by atoms with Gasteiger partial charge < -0.3 is 24.1 Å². The molecular formula is C14H24O5S. The van der Waals surface area contributed by atoms with Crippen molar-refractivity contribution in [1.82, 2.24) is 0 Å². The lowest BCUT2D eigenvalue weighted by Gasteiger charge is -2.26. The van der Waals surface area contributed by atoms with E-state index < -0.39 is 29.9 Å². The van der Waals surface area contributed by atoms with E-state index in [1.165, 1.54) is 0 Å². The smallest absolute Gasteiger partial charge is 0.164 e. The van der Waals surface area contributed by atoms with Crippen molar-refractivity contribution in [2.45, 2.75) is 63.7 Å². The van der Waals surface area contributed by atoms with Crippen molar-refractivity contribution < 1.29 is 24.1 Å². The summed E-state index contributed by atoms with van der Waals surface area (Å²) in [6.07, 6.45) is 1.93. The molecule has 20 heavy (non-hydrogen) atoms. The van der Waals surface area contributed by atoms with E-state index in [4.69, 9.17) is 18.9 Å². The molecule has 2 aliphatic rings. The van der Waals surface area contributed by atoms with Gasteiger partial charge in [0.25, 0.3) is 0 Å². The van der Waals surface area contributed by atoms with Crippen LogP contribution >= 0.6 is 11.8 Å². The van der Waals surface area contributed by atoms with Gasteiger partial charge in [-0.05, 0) is 45.4 Å². The van der Waals surface area contributed by atoms with Crippen molar-refractivity contribution in [3.05, 3.63) is 11.5 Å². The van der Waals surface area contributed by atoms with Gasteiger partial charge in [0, 0.05) is 0 Å². The van der Waals surface area contributed by atoms with Crippen LogP contribution in [0.2, 0.25) is 0 Å². The van der Waals surface area contributed by atoms with Gasteiger partial charge in [-0.2, -0.15) is 0 Å². The van der Waals surface area contributed by atoms with Crippen LogP contribution in [0.4, 0.5) is 0 Å². The van der Waals surface area contributed by atoms with E-state index in [0.717, 1.165) is 0 Å². The summed E-state index contributed by atoms with van der Waals surface area (Å²) in [6.45, 7) is 7.71. The molecule has 4 atom stereocenters. The summed E-state index contributed by atoms with van der Waals surface area (Å²) in [5.41, 5.74) is 0. The van der Waals surface area contributed by atoms with Gasteiger partial charge in [-0.1, -0.05) is 0 Å². The van der Waals surface area contributed by atoms with E-state index in [0.29, 0.717) is 6.61 Å². The molecule has 0 radical (unpaired) electrons. The van der Waals surface area contributed by atoms with Crippen molar-refractivity contribution in [2.24, 2.45) is 0 Å². The maximum atomic E-state index is 10.5. The Kier molecular flexibility index (Phi) is 4.83. The molecule has 1 N–H and O–H groups in total. The zero-order chi connectivity index (χ0) is 15.0. The minimum Gasteiger partial charge on any atom is -0.387 e. The average Bonchev–Trinajstić information content (AvgIpc) is 2.85. The van der Waals surface area contributed by atoms with Crippen molar-refractivity contribution in [1.29, 1.82) is 0 Å². The highest BCUT2D eigenvalue weighted by atomic mass is 32.2. The Hall–Kier alpha value is -0.110. The fourth-order valence-electron chi connectivity index (χ4n) is 2.48. The van der Waals surface area contributed by atoms with Gasteiger partial charge in [-0.15, -0.1) is 11.8 Å². The van der Waals surface area contributed by atoms with Crippen LogP contribution in [0, 0.1) is 0 Å². The first kappa shape index (κ1) is 16.3. The summed E-state index contributed by atoms with van der Waals surface area (Å²) in [6, 6.07) is 0. The molecule has 0 aromatic heterocycles. The molecule has 2 aliphatic heterocycles. The van der Waals surface area contributed by atoms with Crippen molar-refractivity contribution in [3.63, 3.8) is 0 Å². The molecule has 0 bridgehead atoms. The molecule has 2 saturated heterocycles. The number of hydrogen-bond donors (Lipinski definition) is 1. The van der Waals surface area contributed by atoms with Crippen LogP contribution < -0.4 is 0 Å². The first-order valence-electron chi connectivity index (χ1n) is 6.79. The first-order valence-corrected chi connectivity index (χ1v) is 8.08. The van der Waals surface area contributed by atoms with Crippen LogP contribution in [0.5, 0.6) is 0 Å². The maximum absolute atomic E-state index is 10.5. The quantitative estimate of drug-likeness (QED) is 0.856. The predicted molar refractivity (Wildman–Crippen MR) is 77.4 cm³/mol. The van der Waals surface area contributed by atoms with Crippen molar-refractivity contribution >= 4 is 11.8 Å². The van der Waals surface area contributed by atoms with Gasteiger partial charge in [0.15, 0.2) is 11.6 Å². The number of aliphatic hydroxyl groups excluding tert-OH is 1. The summed E-state index contributed by atoms with van der Waals surface area (Å²) in [4.78, 5) is 0. The molecule has 0 aromatic rings. The maximum Gasteiger partial charge on any atom is 0.164 e. The standard InChI is InChI=1S/C14H24O5S/c1-13(2)16-8-10(18-13)11(15)12-9(6-7-20-5)17-14(3,4)19-12/h6-7,9-12,15H,8H2,1-5H3/b7-6-/t9-,10-,11-,12-/m1/s1. The average molecular weight is 304 g/mol. The fraction of sp³-hybridized carbons (Fsp3) is 0.857. The predicted octanol–water partition coefficient (Wildman–Crippen LogP) is 1.90. The molecule has 116 valence electrons. The lowest BCUT2D eigenvalue weighted by atomic mass is 10.0. The van der Waals surface area contributed by atoms with Crippen LogP contribution in [-0.4, -0.2) is 54.0 Å². The number of hydrogen-bond acceptors (Lipinski definition) is 6. The first-order chi connectivity index (χ1) is 9.24. The number of ether oxygens (including phenoxy) is 4. The van der Waals surface area contributed by atoms with E-state index in [1.807, 2.05) is 45.4 Å². The lowest BCUT2D eigenvalue weighted by Crippen LogP contribution is -2.44. The Morgan fingerprint density at radius 3 is 2.40 bits per heavy atom. The number of rotatable bonds is 4. The van der Waals surface area contributed by atoms with Crippen LogP contribution in [0.1, 0.15) is 27.7 Å². The summed E-state index contributed by atoms with van der Waals surface area (Å²) in [7, 11) is 0. The van der Waals surface area contributed by atoms with E-state index in [1.54, 1.807) is 11.8 Å². The normalized spacial score (nSPS) is 37.6. The van der Waals surface area contributed by atoms with E-state index in [9.17, 15) is 5.11 Å². The van der Waals surface area contributed by atoms with Gasteiger partial charge in [0.05, 0.1) is 6.61 Å². The molecule has 5 nitrogen and oxygen atoms in total. The van der Waals surface area contributed by atoms with Gasteiger partial charge >= 0.3 is 0 Å². The van der Waals surface area contributed by atoms with Crippen LogP contribution in [-0.2, 0) is 18.9 Å². The number of aliphatic hydroxyl groups is 1. The molecule has 6 heteroatoms. The Bertz CT molecular complexity index is 369. The zero-order valence-corrected chi connectivity index (χ0v) is 13.5.